The van der Waals surface area contributed by atoms with Crippen molar-refractivity contribution in [2.45, 2.75) is 38.3 Å². The van der Waals surface area contributed by atoms with Gasteiger partial charge in [0.1, 0.15) is 0 Å². The van der Waals surface area contributed by atoms with Crippen molar-refractivity contribution in [3.05, 3.63) is 34.9 Å². The molecule has 1 aromatic carbocycles. The standard InChI is InChI=1S/C14H20ClNO/c1-11(16-14-5-7-17-8-6-14)9-12-3-2-4-13(15)10-12/h2-4,10-11,14,16H,5-9H2,1H3. The van der Waals surface area contributed by atoms with E-state index >= 15 is 0 Å². The smallest absolute Gasteiger partial charge is 0.0480 e. The van der Waals surface area contributed by atoms with Crippen LogP contribution in [-0.4, -0.2) is 25.3 Å². The summed E-state index contributed by atoms with van der Waals surface area (Å²) in [4.78, 5) is 0. The molecule has 0 spiro atoms. The molecule has 1 heterocycles. The Morgan fingerprint density at radius 1 is 1.41 bits per heavy atom. The molecule has 1 fully saturated rings. The fourth-order valence-corrected chi connectivity index (χ4v) is 2.56. The highest BCUT2D eigenvalue weighted by atomic mass is 35.5. The van der Waals surface area contributed by atoms with E-state index in [1.807, 2.05) is 18.2 Å². The van der Waals surface area contributed by atoms with Crippen molar-refractivity contribution in [3.8, 4) is 0 Å². The van der Waals surface area contributed by atoms with Gasteiger partial charge in [0.25, 0.3) is 0 Å². The molecule has 1 saturated heterocycles. The lowest BCUT2D eigenvalue weighted by atomic mass is 10.0. The Balaban J connectivity index is 1.82. The van der Waals surface area contributed by atoms with Gasteiger partial charge < -0.3 is 10.1 Å². The molecule has 2 nitrogen and oxygen atoms in total. The van der Waals surface area contributed by atoms with E-state index in [1.165, 1.54) is 5.56 Å². The summed E-state index contributed by atoms with van der Waals surface area (Å²) < 4.78 is 5.36. The van der Waals surface area contributed by atoms with Gasteiger partial charge in [0.05, 0.1) is 0 Å². The molecular formula is C14H20ClNO. The largest absolute Gasteiger partial charge is 0.381 e. The molecule has 3 heteroatoms. The van der Waals surface area contributed by atoms with Crippen LogP contribution in [0.4, 0.5) is 0 Å². The summed E-state index contributed by atoms with van der Waals surface area (Å²) in [7, 11) is 0. The zero-order valence-electron chi connectivity index (χ0n) is 10.3. The van der Waals surface area contributed by atoms with Crippen LogP contribution in [0.15, 0.2) is 24.3 Å². The van der Waals surface area contributed by atoms with Crippen LogP contribution < -0.4 is 5.32 Å². The highest BCUT2D eigenvalue weighted by Gasteiger charge is 2.15. The van der Waals surface area contributed by atoms with Gasteiger partial charge in [-0.2, -0.15) is 0 Å². The number of benzene rings is 1. The summed E-state index contributed by atoms with van der Waals surface area (Å²) in [5.74, 6) is 0. The molecule has 0 saturated carbocycles. The third kappa shape index (κ3) is 4.30. The van der Waals surface area contributed by atoms with E-state index < -0.39 is 0 Å². The minimum atomic E-state index is 0.483. The van der Waals surface area contributed by atoms with E-state index in [1.54, 1.807) is 0 Å². The lowest BCUT2D eigenvalue weighted by Gasteiger charge is -2.26. The molecule has 1 unspecified atom stereocenters. The Labute approximate surface area is 108 Å². The highest BCUT2D eigenvalue weighted by molar-refractivity contribution is 6.30. The summed E-state index contributed by atoms with van der Waals surface area (Å²) in [5, 5.41) is 4.48. The predicted molar refractivity (Wildman–Crippen MR) is 71.6 cm³/mol. The molecule has 94 valence electrons. The normalized spacial score (nSPS) is 19.2. The molecule has 0 radical (unpaired) electrons. The van der Waals surface area contributed by atoms with Crippen LogP contribution in [0.3, 0.4) is 0 Å². The molecule has 2 rings (SSSR count). The lowest BCUT2D eigenvalue weighted by molar-refractivity contribution is 0.0755. The maximum Gasteiger partial charge on any atom is 0.0480 e. The van der Waals surface area contributed by atoms with Crippen molar-refractivity contribution >= 4 is 11.6 Å². The minimum absolute atomic E-state index is 0.483. The number of ether oxygens (including phenoxy) is 1. The van der Waals surface area contributed by atoms with Crippen molar-refractivity contribution in [1.82, 2.24) is 5.32 Å². The van der Waals surface area contributed by atoms with Crippen molar-refractivity contribution in [1.29, 1.82) is 0 Å². The maximum atomic E-state index is 5.98. The summed E-state index contributed by atoms with van der Waals surface area (Å²) in [6, 6.07) is 9.20. The fraction of sp³-hybridized carbons (Fsp3) is 0.571. The van der Waals surface area contributed by atoms with E-state index in [4.69, 9.17) is 16.3 Å². The zero-order chi connectivity index (χ0) is 12.1. The molecule has 0 aromatic heterocycles. The summed E-state index contributed by atoms with van der Waals surface area (Å²) in [6.45, 7) is 4.01. The highest BCUT2D eigenvalue weighted by Crippen LogP contribution is 2.13. The SMILES string of the molecule is CC(Cc1cccc(Cl)c1)NC1CCOCC1. The first-order valence-electron chi connectivity index (χ1n) is 6.32. The van der Waals surface area contributed by atoms with Crippen molar-refractivity contribution in [2.24, 2.45) is 0 Å². The van der Waals surface area contributed by atoms with Gasteiger partial charge in [0, 0.05) is 30.3 Å². The first-order chi connectivity index (χ1) is 8.24. The number of hydrogen-bond donors (Lipinski definition) is 1. The number of halogens is 1. The Morgan fingerprint density at radius 3 is 2.88 bits per heavy atom. The van der Waals surface area contributed by atoms with Crippen LogP contribution in [0.1, 0.15) is 25.3 Å². The van der Waals surface area contributed by atoms with Crippen LogP contribution in [0.2, 0.25) is 5.02 Å². The minimum Gasteiger partial charge on any atom is -0.381 e. The van der Waals surface area contributed by atoms with E-state index in [0.717, 1.165) is 37.5 Å². The third-order valence-electron chi connectivity index (χ3n) is 3.17. The topological polar surface area (TPSA) is 21.3 Å². The second-order valence-electron chi connectivity index (χ2n) is 4.79. The molecule has 1 aromatic rings. The summed E-state index contributed by atoms with van der Waals surface area (Å²) in [6.07, 6.45) is 3.28. The van der Waals surface area contributed by atoms with Gasteiger partial charge in [-0.15, -0.1) is 0 Å². The average Bonchev–Trinajstić information content (AvgIpc) is 2.30. The molecule has 0 bridgehead atoms. The second-order valence-corrected chi connectivity index (χ2v) is 5.22. The van der Waals surface area contributed by atoms with Crippen LogP contribution in [0.5, 0.6) is 0 Å². The van der Waals surface area contributed by atoms with Gasteiger partial charge in [0.2, 0.25) is 0 Å². The van der Waals surface area contributed by atoms with Gasteiger partial charge >= 0.3 is 0 Å². The van der Waals surface area contributed by atoms with E-state index in [2.05, 4.69) is 18.3 Å². The third-order valence-corrected chi connectivity index (χ3v) is 3.41. The van der Waals surface area contributed by atoms with Gasteiger partial charge in [-0.3, -0.25) is 0 Å². The zero-order valence-corrected chi connectivity index (χ0v) is 11.0. The number of hydrogen-bond acceptors (Lipinski definition) is 2. The van der Waals surface area contributed by atoms with E-state index in [-0.39, 0.29) is 0 Å². The Bertz CT molecular complexity index is 350. The van der Waals surface area contributed by atoms with Gasteiger partial charge in [0.15, 0.2) is 0 Å². The monoisotopic (exact) mass is 253 g/mol. The van der Waals surface area contributed by atoms with E-state index in [0.29, 0.717) is 12.1 Å². The predicted octanol–water partition coefficient (Wildman–Crippen LogP) is 3.04. The lowest BCUT2D eigenvalue weighted by Crippen LogP contribution is -2.41. The molecule has 1 aliphatic rings. The summed E-state index contributed by atoms with van der Waals surface area (Å²) >= 11 is 5.98. The molecular weight excluding hydrogens is 234 g/mol. The molecule has 1 N–H and O–H groups in total. The first kappa shape index (κ1) is 12.9. The molecule has 0 aliphatic carbocycles. The Morgan fingerprint density at radius 2 is 2.18 bits per heavy atom. The van der Waals surface area contributed by atoms with Crippen LogP contribution in [0.25, 0.3) is 0 Å². The summed E-state index contributed by atoms with van der Waals surface area (Å²) in [5.41, 5.74) is 1.30. The molecule has 1 atom stereocenters. The van der Waals surface area contributed by atoms with Crippen molar-refractivity contribution < 1.29 is 4.74 Å². The van der Waals surface area contributed by atoms with Crippen LogP contribution in [-0.2, 0) is 11.2 Å². The van der Waals surface area contributed by atoms with E-state index in [9.17, 15) is 0 Å². The first-order valence-corrected chi connectivity index (χ1v) is 6.70. The van der Waals surface area contributed by atoms with Crippen LogP contribution >= 0.6 is 11.6 Å². The number of rotatable bonds is 4. The van der Waals surface area contributed by atoms with Gasteiger partial charge in [-0.1, -0.05) is 23.7 Å². The fourth-order valence-electron chi connectivity index (χ4n) is 2.34. The maximum absolute atomic E-state index is 5.98. The van der Waals surface area contributed by atoms with Gasteiger partial charge in [-0.25, -0.2) is 0 Å². The molecule has 17 heavy (non-hydrogen) atoms. The Kier molecular flexibility index (Phi) is 4.84. The van der Waals surface area contributed by atoms with Crippen molar-refractivity contribution in [2.75, 3.05) is 13.2 Å². The Hall–Kier alpha value is -0.570. The van der Waals surface area contributed by atoms with Crippen LogP contribution in [0, 0.1) is 0 Å². The van der Waals surface area contributed by atoms with Crippen molar-refractivity contribution in [3.63, 3.8) is 0 Å². The average molecular weight is 254 g/mol. The molecule has 1 aliphatic heterocycles. The second kappa shape index (κ2) is 6.39. The number of nitrogens with one attached hydrogen (secondary N) is 1. The molecule has 0 amide bonds. The van der Waals surface area contributed by atoms with Gasteiger partial charge in [-0.05, 0) is 43.9 Å². The quantitative estimate of drug-likeness (QED) is 0.891.